The second kappa shape index (κ2) is 8.07. The Morgan fingerprint density at radius 3 is 2.64 bits per heavy atom. The van der Waals surface area contributed by atoms with Gasteiger partial charge in [0.15, 0.2) is 0 Å². The smallest absolute Gasteiger partial charge is 0.408 e. The van der Waals surface area contributed by atoms with E-state index in [2.05, 4.69) is 77.8 Å². The Kier molecular flexibility index (Phi) is 5.61. The normalized spacial score (nSPS) is 11.1. The van der Waals surface area contributed by atoms with Gasteiger partial charge in [-0.3, -0.25) is 0 Å². The number of hydrogen-bond donors (Lipinski definition) is 0. The summed E-state index contributed by atoms with van der Waals surface area (Å²) < 4.78 is 2.09. The number of hydrogen-bond acceptors (Lipinski definition) is 4. The third-order valence-electron chi connectivity index (χ3n) is 4.13. The average molecular weight is 349 g/mol. The van der Waals surface area contributed by atoms with E-state index in [1.54, 1.807) is 11.3 Å². The van der Waals surface area contributed by atoms with Crippen LogP contribution in [0, 0.1) is 6.92 Å². The van der Waals surface area contributed by atoms with E-state index in [4.69, 9.17) is 0 Å². The number of nitrogens with zero attached hydrogens (tertiary/aromatic N) is 4. The summed E-state index contributed by atoms with van der Waals surface area (Å²) in [7, 11) is 2.11. The zero-order valence-electron chi connectivity index (χ0n) is 14.9. The number of azo groups is 1. The molecule has 1 heterocycles. The second-order valence-electron chi connectivity index (χ2n) is 5.98. The van der Waals surface area contributed by atoms with E-state index in [1.165, 1.54) is 11.3 Å². The lowest BCUT2D eigenvalue weighted by atomic mass is 10.1. The minimum atomic E-state index is 0.882. The summed E-state index contributed by atoms with van der Waals surface area (Å²) in [4.78, 5) is 2.24. The fourth-order valence-electron chi connectivity index (χ4n) is 2.65. The van der Waals surface area contributed by atoms with Crippen LogP contribution in [0.2, 0.25) is 0 Å². The van der Waals surface area contributed by atoms with Crippen LogP contribution in [0.4, 0.5) is 16.5 Å². The SMILES string of the molecule is BN(Cc1ccccc1)c1ccc(/N=N/c2scc[n+]2CC)c(C)c1. The largest absolute Gasteiger partial charge is 0.418 e. The van der Waals surface area contributed by atoms with E-state index >= 15 is 0 Å². The van der Waals surface area contributed by atoms with Crippen molar-refractivity contribution >= 4 is 35.8 Å². The predicted molar refractivity (Wildman–Crippen MR) is 107 cm³/mol. The average Bonchev–Trinajstić information content (AvgIpc) is 3.09. The molecule has 0 fully saturated rings. The molecule has 0 atom stereocenters. The Morgan fingerprint density at radius 1 is 1.12 bits per heavy atom. The molecular formula is C19H22BN4S+. The van der Waals surface area contributed by atoms with Gasteiger partial charge in [0.25, 0.3) is 0 Å². The van der Waals surface area contributed by atoms with Gasteiger partial charge < -0.3 is 4.81 Å². The van der Waals surface area contributed by atoms with Gasteiger partial charge in [0.05, 0.1) is 11.7 Å². The van der Waals surface area contributed by atoms with Gasteiger partial charge >= 0.3 is 5.13 Å². The van der Waals surface area contributed by atoms with Crippen molar-refractivity contribution in [1.29, 1.82) is 0 Å². The van der Waals surface area contributed by atoms with Gasteiger partial charge in [-0.2, -0.15) is 0 Å². The number of benzene rings is 2. The van der Waals surface area contributed by atoms with Crippen LogP contribution >= 0.6 is 11.3 Å². The maximum atomic E-state index is 4.44. The minimum absolute atomic E-state index is 0.882. The van der Waals surface area contributed by atoms with Gasteiger partial charge in [0, 0.05) is 17.6 Å². The summed E-state index contributed by atoms with van der Waals surface area (Å²) in [5, 5.41) is 11.8. The molecule has 0 aliphatic carbocycles. The predicted octanol–water partition coefficient (Wildman–Crippen LogP) is 4.33. The monoisotopic (exact) mass is 349 g/mol. The molecule has 0 aliphatic rings. The zero-order valence-corrected chi connectivity index (χ0v) is 15.7. The van der Waals surface area contributed by atoms with Gasteiger partial charge in [-0.1, -0.05) is 30.3 Å². The Balaban J connectivity index is 1.74. The summed E-state index contributed by atoms with van der Waals surface area (Å²) in [6, 6.07) is 16.8. The van der Waals surface area contributed by atoms with Gasteiger partial charge in [-0.15, -0.1) is 0 Å². The van der Waals surface area contributed by atoms with Crippen molar-refractivity contribution in [2.75, 3.05) is 4.81 Å². The molecule has 2 aromatic carbocycles. The molecule has 6 heteroatoms. The first-order valence-corrected chi connectivity index (χ1v) is 9.29. The van der Waals surface area contributed by atoms with E-state index in [1.807, 2.05) is 23.7 Å². The van der Waals surface area contributed by atoms with E-state index in [-0.39, 0.29) is 0 Å². The van der Waals surface area contributed by atoms with Crippen molar-refractivity contribution in [3.05, 3.63) is 71.2 Å². The van der Waals surface area contributed by atoms with E-state index < -0.39 is 0 Å². The summed E-state index contributed by atoms with van der Waals surface area (Å²) >= 11 is 1.60. The molecule has 0 N–H and O–H groups in total. The Hall–Kier alpha value is -2.47. The molecule has 126 valence electrons. The van der Waals surface area contributed by atoms with Gasteiger partial charge in [-0.05, 0) is 59.6 Å². The molecule has 3 rings (SSSR count). The number of rotatable bonds is 6. The second-order valence-corrected chi connectivity index (χ2v) is 6.86. The van der Waals surface area contributed by atoms with Crippen LogP contribution in [-0.4, -0.2) is 7.98 Å². The highest BCUT2D eigenvalue weighted by Crippen LogP contribution is 2.27. The van der Waals surface area contributed by atoms with E-state index in [9.17, 15) is 0 Å². The highest BCUT2D eigenvalue weighted by molar-refractivity contribution is 7.12. The van der Waals surface area contributed by atoms with Crippen LogP contribution in [-0.2, 0) is 13.1 Å². The number of aryl methyl sites for hydroxylation is 2. The molecule has 4 nitrogen and oxygen atoms in total. The van der Waals surface area contributed by atoms with Crippen LogP contribution in [0.15, 0.2) is 70.3 Å². The fraction of sp³-hybridized carbons (Fsp3) is 0.211. The molecule has 0 unspecified atom stereocenters. The number of thiazole rings is 1. The molecule has 1 aromatic heterocycles. The Labute approximate surface area is 153 Å². The summed E-state index contributed by atoms with van der Waals surface area (Å²) in [6.45, 7) is 5.97. The first-order valence-electron chi connectivity index (χ1n) is 8.41. The Morgan fingerprint density at radius 2 is 1.92 bits per heavy atom. The summed E-state index contributed by atoms with van der Waals surface area (Å²) in [5.41, 5.74) is 4.52. The first-order chi connectivity index (χ1) is 12.2. The number of aromatic nitrogens is 1. The molecule has 0 radical (unpaired) electrons. The van der Waals surface area contributed by atoms with Crippen molar-refractivity contribution in [3.63, 3.8) is 0 Å². The van der Waals surface area contributed by atoms with Crippen molar-refractivity contribution in [1.82, 2.24) is 0 Å². The molecule has 0 saturated carbocycles. The summed E-state index contributed by atoms with van der Waals surface area (Å²) in [6.07, 6.45) is 2.04. The molecule has 0 aliphatic heterocycles. The standard InChI is InChI=1S/C19H22BN4S/c1-3-23-11-12-25-19(23)22-21-18-10-9-17(13-15(18)2)24(20)14-16-7-5-4-6-8-16/h4-13H,3,14,20H2,1-2H3/q+1. The molecule has 0 bridgehead atoms. The van der Waals surface area contributed by atoms with Gasteiger partial charge in [0.2, 0.25) is 7.98 Å². The maximum Gasteiger partial charge on any atom is 0.408 e. The topological polar surface area (TPSA) is 31.8 Å². The van der Waals surface area contributed by atoms with Crippen LogP contribution in [0.3, 0.4) is 0 Å². The van der Waals surface area contributed by atoms with Crippen molar-refractivity contribution in [2.24, 2.45) is 10.2 Å². The maximum absolute atomic E-state index is 4.44. The minimum Gasteiger partial charge on any atom is -0.418 e. The fourth-order valence-corrected chi connectivity index (χ4v) is 3.40. The van der Waals surface area contributed by atoms with Crippen molar-refractivity contribution in [3.8, 4) is 0 Å². The lowest BCUT2D eigenvalue weighted by Crippen LogP contribution is -2.28. The van der Waals surface area contributed by atoms with Crippen LogP contribution in [0.5, 0.6) is 0 Å². The van der Waals surface area contributed by atoms with Crippen molar-refractivity contribution < 1.29 is 4.57 Å². The highest BCUT2D eigenvalue weighted by atomic mass is 32.1. The van der Waals surface area contributed by atoms with E-state index in [0.29, 0.717) is 0 Å². The lowest BCUT2D eigenvalue weighted by molar-refractivity contribution is -0.676. The Bertz CT molecular complexity index is 861. The molecule has 3 aromatic rings. The first kappa shape index (κ1) is 17.4. The molecule has 25 heavy (non-hydrogen) atoms. The lowest BCUT2D eigenvalue weighted by Gasteiger charge is -2.20. The molecule has 0 amide bonds. The third-order valence-corrected chi connectivity index (χ3v) is 4.91. The summed E-state index contributed by atoms with van der Waals surface area (Å²) in [5.74, 6) is 0. The third kappa shape index (κ3) is 4.34. The van der Waals surface area contributed by atoms with Crippen molar-refractivity contribution in [2.45, 2.75) is 26.9 Å². The quantitative estimate of drug-likeness (QED) is 0.370. The number of anilines is 1. The zero-order chi connectivity index (χ0) is 17.6. The van der Waals surface area contributed by atoms with Gasteiger partial charge in [-0.25, -0.2) is 4.57 Å². The van der Waals surface area contributed by atoms with Gasteiger partial charge in [0.1, 0.15) is 11.9 Å². The van der Waals surface area contributed by atoms with Crippen LogP contribution in [0.1, 0.15) is 18.1 Å². The van der Waals surface area contributed by atoms with E-state index in [0.717, 1.165) is 29.5 Å². The van der Waals surface area contributed by atoms with Crippen LogP contribution in [0.25, 0.3) is 0 Å². The molecule has 0 spiro atoms. The van der Waals surface area contributed by atoms with Crippen LogP contribution < -0.4 is 9.38 Å². The molecule has 0 saturated heterocycles. The molecular weight excluding hydrogens is 327 g/mol. The highest BCUT2D eigenvalue weighted by Gasteiger charge is 2.11.